The molecule has 0 saturated heterocycles. The molecule has 4 N–H and O–H groups in total. The van der Waals surface area contributed by atoms with Crippen LogP contribution in [-0.4, -0.2) is 17.3 Å². The van der Waals surface area contributed by atoms with Crippen LogP contribution in [-0.2, 0) is 0 Å². The van der Waals surface area contributed by atoms with Gasteiger partial charge in [0.15, 0.2) is 0 Å². The molecule has 0 saturated carbocycles. The summed E-state index contributed by atoms with van der Waals surface area (Å²) in [6.07, 6.45) is 1.59. The number of hydrogen-bond donors (Lipinski definition) is 2. The first-order valence-electron chi connectivity index (χ1n) is 4.51. The molecule has 0 aliphatic rings. The molecule has 0 fully saturated rings. The predicted octanol–water partition coefficient (Wildman–Crippen LogP) is 1.07. The summed E-state index contributed by atoms with van der Waals surface area (Å²) < 4.78 is 0. The predicted molar refractivity (Wildman–Crippen MR) is 63.3 cm³/mol. The van der Waals surface area contributed by atoms with E-state index in [1.165, 1.54) is 18.2 Å². The molecule has 0 aliphatic heterocycles. The van der Waals surface area contributed by atoms with Gasteiger partial charge in [0.2, 0.25) is 0 Å². The second kappa shape index (κ2) is 4.92. The third-order valence-corrected chi connectivity index (χ3v) is 1.91. The molecule has 6 nitrogen and oxygen atoms in total. The van der Waals surface area contributed by atoms with Crippen molar-refractivity contribution >= 4 is 17.2 Å². The number of hydrogen-bond acceptors (Lipinski definition) is 4. The van der Waals surface area contributed by atoms with Crippen LogP contribution in [0.1, 0.15) is 5.56 Å². The summed E-state index contributed by atoms with van der Waals surface area (Å²) in [4.78, 5) is 13.9. The molecule has 0 spiro atoms. The molecule has 0 amide bonds. The van der Waals surface area contributed by atoms with Gasteiger partial charge in [-0.2, -0.15) is 0 Å². The molecule has 16 heavy (non-hydrogen) atoms. The summed E-state index contributed by atoms with van der Waals surface area (Å²) in [5.74, 6) is 0.243. The highest BCUT2D eigenvalue weighted by molar-refractivity contribution is 6.02. The van der Waals surface area contributed by atoms with Crippen LogP contribution in [0.2, 0.25) is 0 Å². The number of nitrogens with two attached hydrogens (primary N) is 2. The number of nitrogen functional groups attached to an aromatic ring is 1. The van der Waals surface area contributed by atoms with Crippen molar-refractivity contribution in [3.8, 4) is 0 Å². The maximum atomic E-state index is 10.5. The van der Waals surface area contributed by atoms with Crippen molar-refractivity contribution in [3.63, 3.8) is 0 Å². The number of nitro groups is 1. The van der Waals surface area contributed by atoms with Gasteiger partial charge in [-0.1, -0.05) is 6.08 Å². The number of aliphatic imine (C=N–C) groups is 1. The van der Waals surface area contributed by atoms with E-state index in [-0.39, 0.29) is 17.2 Å². The van der Waals surface area contributed by atoms with Gasteiger partial charge in [0.05, 0.1) is 11.5 Å². The van der Waals surface area contributed by atoms with Crippen LogP contribution in [0.4, 0.5) is 11.4 Å². The molecule has 0 aliphatic carbocycles. The minimum atomic E-state index is -0.517. The first kappa shape index (κ1) is 11.7. The Balaban J connectivity index is 3.08. The third kappa shape index (κ3) is 2.57. The van der Waals surface area contributed by atoms with Gasteiger partial charge >= 0.3 is 0 Å². The number of benzene rings is 1. The number of anilines is 1. The molecule has 6 heteroatoms. The molecular formula is C10H12N4O2. The Kier molecular flexibility index (Phi) is 3.60. The number of non-ortho nitro benzene ring substituents is 1. The average molecular weight is 220 g/mol. The fraction of sp³-hybridized carbons (Fsp3) is 0.100. The monoisotopic (exact) mass is 220 g/mol. The first-order valence-corrected chi connectivity index (χ1v) is 4.51. The van der Waals surface area contributed by atoms with Crippen LogP contribution >= 0.6 is 0 Å². The summed E-state index contributed by atoms with van der Waals surface area (Å²) in [5.41, 5.74) is 12.0. The maximum Gasteiger partial charge on any atom is 0.271 e. The summed E-state index contributed by atoms with van der Waals surface area (Å²) in [7, 11) is 0. The lowest BCUT2D eigenvalue weighted by Gasteiger charge is -2.04. The minimum Gasteiger partial charge on any atom is -0.398 e. The zero-order valence-corrected chi connectivity index (χ0v) is 8.59. The van der Waals surface area contributed by atoms with E-state index in [1.54, 1.807) is 6.08 Å². The number of rotatable bonds is 4. The number of amidine groups is 1. The van der Waals surface area contributed by atoms with Gasteiger partial charge in [0.25, 0.3) is 5.69 Å². The molecule has 0 radical (unpaired) electrons. The fourth-order valence-corrected chi connectivity index (χ4v) is 1.15. The third-order valence-electron chi connectivity index (χ3n) is 1.91. The Labute approximate surface area is 92.4 Å². The first-order chi connectivity index (χ1) is 7.56. The van der Waals surface area contributed by atoms with Crippen molar-refractivity contribution in [2.45, 2.75) is 0 Å². The SMILES string of the molecule is C=CCN=C(N)c1ccc([N+](=O)[O-])cc1N. The van der Waals surface area contributed by atoms with Gasteiger partial charge in [-0.3, -0.25) is 15.1 Å². The Hall–Kier alpha value is -2.37. The van der Waals surface area contributed by atoms with Crippen LogP contribution in [0.5, 0.6) is 0 Å². The molecule has 84 valence electrons. The topological polar surface area (TPSA) is 108 Å². The second-order valence-electron chi connectivity index (χ2n) is 3.04. The Morgan fingerprint density at radius 3 is 2.81 bits per heavy atom. The van der Waals surface area contributed by atoms with Crippen LogP contribution in [0.15, 0.2) is 35.8 Å². The molecule has 0 unspecified atom stereocenters. The summed E-state index contributed by atoms with van der Waals surface area (Å²) >= 11 is 0. The van der Waals surface area contributed by atoms with Crippen LogP contribution < -0.4 is 11.5 Å². The lowest BCUT2D eigenvalue weighted by atomic mass is 10.1. The van der Waals surface area contributed by atoms with Gasteiger partial charge in [0, 0.05) is 23.4 Å². The number of nitro benzene ring substituents is 1. The molecule has 0 atom stereocenters. The summed E-state index contributed by atoms with van der Waals surface area (Å²) in [6, 6.07) is 4.07. The van der Waals surface area contributed by atoms with Crippen molar-refractivity contribution in [3.05, 3.63) is 46.5 Å². The van der Waals surface area contributed by atoms with Gasteiger partial charge in [-0.05, 0) is 6.07 Å². The van der Waals surface area contributed by atoms with Crippen molar-refractivity contribution < 1.29 is 4.92 Å². The molecule has 1 rings (SSSR count). The Morgan fingerprint density at radius 2 is 2.31 bits per heavy atom. The van der Waals surface area contributed by atoms with Gasteiger partial charge in [-0.15, -0.1) is 6.58 Å². The molecule has 0 heterocycles. The van der Waals surface area contributed by atoms with Crippen molar-refractivity contribution in [2.24, 2.45) is 10.7 Å². The smallest absolute Gasteiger partial charge is 0.271 e. The summed E-state index contributed by atoms with van der Waals surface area (Å²) in [5, 5.41) is 10.5. The van der Waals surface area contributed by atoms with Crippen LogP contribution in [0.25, 0.3) is 0 Å². The quantitative estimate of drug-likeness (QED) is 0.197. The van der Waals surface area contributed by atoms with Gasteiger partial charge in [-0.25, -0.2) is 0 Å². The average Bonchev–Trinajstić information content (AvgIpc) is 2.25. The fourth-order valence-electron chi connectivity index (χ4n) is 1.15. The largest absolute Gasteiger partial charge is 0.398 e. The Morgan fingerprint density at radius 1 is 1.62 bits per heavy atom. The maximum absolute atomic E-state index is 10.5. The van der Waals surface area contributed by atoms with E-state index in [9.17, 15) is 10.1 Å². The van der Waals surface area contributed by atoms with E-state index >= 15 is 0 Å². The van der Waals surface area contributed by atoms with E-state index in [0.717, 1.165) is 0 Å². The zero-order chi connectivity index (χ0) is 12.1. The molecule has 1 aromatic carbocycles. The second-order valence-corrected chi connectivity index (χ2v) is 3.04. The van der Waals surface area contributed by atoms with E-state index < -0.39 is 4.92 Å². The highest BCUT2D eigenvalue weighted by atomic mass is 16.6. The van der Waals surface area contributed by atoms with E-state index in [0.29, 0.717) is 12.1 Å². The molecule has 1 aromatic rings. The highest BCUT2D eigenvalue weighted by Crippen LogP contribution is 2.19. The van der Waals surface area contributed by atoms with Crippen LogP contribution in [0.3, 0.4) is 0 Å². The molecule has 0 aromatic heterocycles. The van der Waals surface area contributed by atoms with E-state index in [2.05, 4.69) is 11.6 Å². The normalized spacial score (nSPS) is 11.1. The number of nitrogens with zero attached hydrogens (tertiary/aromatic N) is 2. The van der Waals surface area contributed by atoms with Crippen molar-refractivity contribution in [1.29, 1.82) is 0 Å². The summed E-state index contributed by atoms with van der Waals surface area (Å²) in [6.45, 7) is 3.88. The standard InChI is InChI=1S/C10H12N4O2/c1-2-5-13-10(12)8-4-3-7(14(15)16)6-9(8)11/h2-4,6H,1,5,11H2,(H2,12,13). The van der Waals surface area contributed by atoms with Gasteiger partial charge in [0.1, 0.15) is 5.84 Å². The van der Waals surface area contributed by atoms with E-state index in [1.807, 2.05) is 0 Å². The van der Waals surface area contributed by atoms with Crippen LogP contribution in [0, 0.1) is 10.1 Å². The molecular weight excluding hydrogens is 208 g/mol. The minimum absolute atomic E-state index is 0.0715. The van der Waals surface area contributed by atoms with Gasteiger partial charge < -0.3 is 11.5 Å². The lowest BCUT2D eigenvalue weighted by molar-refractivity contribution is -0.384. The molecule has 0 bridgehead atoms. The lowest BCUT2D eigenvalue weighted by Crippen LogP contribution is -2.16. The van der Waals surface area contributed by atoms with Crippen molar-refractivity contribution in [1.82, 2.24) is 0 Å². The van der Waals surface area contributed by atoms with E-state index in [4.69, 9.17) is 11.5 Å². The Bertz CT molecular complexity index is 454. The van der Waals surface area contributed by atoms with Crippen molar-refractivity contribution in [2.75, 3.05) is 12.3 Å². The highest BCUT2D eigenvalue weighted by Gasteiger charge is 2.10. The zero-order valence-electron chi connectivity index (χ0n) is 8.59.